The summed E-state index contributed by atoms with van der Waals surface area (Å²) >= 11 is 6.01. The lowest BCUT2D eigenvalue weighted by Crippen LogP contribution is -2.48. The summed E-state index contributed by atoms with van der Waals surface area (Å²) in [5, 5.41) is 0.655. The smallest absolute Gasteiger partial charge is 0.261 e. The van der Waals surface area contributed by atoms with Crippen LogP contribution in [0.3, 0.4) is 0 Å². The molecule has 25 heavy (non-hydrogen) atoms. The Morgan fingerprint density at radius 2 is 1.96 bits per heavy atom. The topological polar surface area (TPSA) is 63.7 Å². The number of aryl methyl sites for hydroxylation is 1. The van der Waals surface area contributed by atoms with Gasteiger partial charge in [-0.3, -0.25) is 4.79 Å². The maximum Gasteiger partial charge on any atom is 0.261 e. The molecule has 0 unspecified atom stereocenters. The van der Waals surface area contributed by atoms with Gasteiger partial charge in [-0.2, -0.15) is 0 Å². The second-order valence-electron chi connectivity index (χ2n) is 7.00. The van der Waals surface area contributed by atoms with Crippen LogP contribution < -0.4 is 4.74 Å². The predicted molar refractivity (Wildman–Crippen MR) is 97.8 cm³/mol. The molecule has 0 bridgehead atoms. The first-order chi connectivity index (χ1) is 11.9. The van der Waals surface area contributed by atoms with E-state index in [2.05, 4.69) is 0 Å². The first-order valence-electron chi connectivity index (χ1n) is 8.76. The lowest BCUT2D eigenvalue weighted by Gasteiger charge is -2.34. The van der Waals surface area contributed by atoms with Gasteiger partial charge in [-0.15, -0.1) is 0 Å². The van der Waals surface area contributed by atoms with Crippen LogP contribution in [0.4, 0.5) is 0 Å². The molecule has 0 spiro atoms. The maximum absolute atomic E-state index is 12.8. The van der Waals surface area contributed by atoms with E-state index in [1.165, 1.54) is 0 Å². The summed E-state index contributed by atoms with van der Waals surface area (Å²) in [6.07, 6.45) is 4.60. The monoisotopic (exact) mass is 385 g/mol. The van der Waals surface area contributed by atoms with Gasteiger partial charge in [0.2, 0.25) is 0 Å². The van der Waals surface area contributed by atoms with E-state index in [0.29, 0.717) is 17.2 Å². The molecular weight excluding hydrogens is 362 g/mol. The number of hydrogen-bond acceptors (Lipinski definition) is 4. The Kier molecular flexibility index (Phi) is 5.58. The molecular formula is C18H24ClNO4S. The second kappa shape index (κ2) is 7.54. The van der Waals surface area contributed by atoms with Crippen molar-refractivity contribution < 1.29 is 17.9 Å². The second-order valence-corrected chi connectivity index (χ2v) is 9.63. The first kappa shape index (κ1) is 18.5. The Morgan fingerprint density at radius 3 is 2.56 bits per heavy atom. The van der Waals surface area contributed by atoms with Crippen molar-refractivity contribution in [2.24, 2.45) is 0 Å². The highest BCUT2D eigenvalue weighted by Gasteiger charge is 2.39. The SMILES string of the molecule is Cc1cc(OCC(=O)N(C2CCCC2)[C@H]2CCS(=O)(=O)C2)ccc1Cl. The molecule has 0 radical (unpaired) electrons. The number of halogens is 1. The van der Waals surface area contributed by atoms with E-state index < -0.39 is 9.84 Å². The fourth-order valence-electron chi connectivity index (χ4n) is 3.81. The van der Waals surface area contributed by atoms with Crippen LogP contribution in [-0.2, 0) is 14.6 Å². The van der Waals surface area contributed by atoms with Crippen molar-refractivity contribution in [3.8, 4) is 5.75 Å². The lowest BCUT2D eigenvalue weighted by molar-refractivity contribution is -0.137. The van der Waals surface area contributed by atoms with Crippen molar-refractivity contribution in [1.29, 1.82) is 0 Å². The molecule has 1 aromatic carbocycles. The van der Waals surface area contributed by atoms with Crippen LogP contribution in [0.25, 0.3) is 0 Å². The average molecular weight is 386 g/mol. The third-order valence-corrected chi connectivity index (χ3v) is 7.27. The third kappa shape index (κ3) is 4.47. The van der Waals surface area contributed by atoms with E-state index in [1.807, 2.05) is 6.92 Å². The molecule has 1 saturated heterocycles. The Bertz CT molecular complexity index is 743. The highest BCUT2D eigenvalue weighted by atomic mass is 35.5. The molecule has 2 fully saturated rings. The zero-order chi connectivity index (χ0) is 18.0. The zero-order valence-corrected chi connectivity index (χ0v) is 16.0. The van der Waals surface area contributed by atoms with Crippen LogP contribution in [0.15, 0.2) is 18.2 Å². The van der Waals surface area contributed by atoms with Gasteiger partial charge in [0, 0.05) is 17.1 Å². The summed E-state index contributed by atoms with van der Waals surface area (Å²) in [5.41, 5.74) is 0.890. The van der Waals surface area contributed by atoms with Gasteiger partial charge in [-0.25, -0.2) is 8.42 Å². The van der Waals surface area contributed by atoms with E-state index in [1.54, 1.807) is 23.1 Å². The van der Waals surface area contributed by atoms with Crippen LogP contribution >= 0.6 is 11.6 Å². The largest absolute Gasteiger partial charge is 0.484 e. The molecule has 1 amide bonds. The van der Waals surface area contributed by atoms with E-state index in [-0.39, 0.29) is 36.1 Å². The van der Waals surface area contributed by atoms with Gasteiger partial charge in [-0.1, -0.05) is 24.4 Å². The maximum atomic E-state index is 12.8. The fourth-order valence-corrected chi connectivity index (χ4v) is 5.64. The Labute approximate surface area is 154 Å². The number of hydrogen-bond donors (Lipinski definition) is 0. The van der Waals surface area contributed by atoms with Crippen LogP contribution in [-0.4, -0.2) is 49.4 Å². The molecule has 0 N–H and O–H groups in total. The highest BCUT2D eigenvalue weighted by Crippen LogP contribution is 2.29. The molecule has 5 nitrogen and oxygen atoms in total. The van der Waals surface area contributed by atoms with Gasteiger partial charge in [0.1, 0.15) is 5.75 Å². The normalized spacial score (nSPS) is 22.9. The van der Waals surface area contributed by atoms with E-state index in [0.717, 1.165) is 31.2 Å². The van der Waals surface area contributed by atoms with Gasteiger partial charge < -0.3 is 9.64 Å². The number of ether oxygens (including phenoxy) is 1. The quantitative estimate of drug-likeness (QED) is 0.781. The van der Waals surface area contributed by atoms with Crippen molar-refractivity contribution in [3.63, 3.8) is 0 Å². The van der Waals surface area contributed by atoms with Gasteiger partial charge in [-0.05, 0) is 49.9 Å². The Morgan fingerprint density at radius 1 is 1.24 bits per heavy atom. The summed E-state index contributed by atoms with van der Waals surface area (Å²) in [7, 11) is -3.03. The number of nitrogens with zero attached hydrogens (tertiary/aromatic N) is 1. The van der Waals surface area contributed by atoms with Gasteiger partial charge >= 0.3 is 0 Å². The van der Waals surface area contributed by atoms with Crippen LogP contribution in [0, 0.1) is 6.92 Å². The number of benzene rings is 1. The van der Waals surface area contributed by atoms with Crippen LogP contribution in [0.1, 0.15) is 37.7 Å². The summed E-state index contributed by atoms with van der Waals surface area (Å²) in [4.78, 5) is 14.6. The molecule has 0 aromatic heterocycles. The average Bonchev–Trinajstić information content (AvgIpc) is 3.19. The van der Waals surface area contributed by atoms with E-state index in [4.69, 9.17) is 16.3 Å². The molecule has 1 aliphatic carbocycles. The summed E-state index contributed by atoms with van der Waals surface area (Å²) < 4.78 is 29.4. The molecule has 7 heteroatoms. The minimum Gasteiger partial charge on any atom is -0.484 e. The summed E-state index contributed by atoms with van der Waals surface area (Å²) in [5.74, 6) is 0.725. The highest BCUT2D eigenvalue weighted by molar-refractivity contribution is 7.91. The van der Waals surface area contributed by atoms with Gasteiger partial charge in [0.05, 0.1) is 11.5 Å². The standard InChI is InChI=1S/C18H24ClNO4S/c1-13-10-16(6-7-17(13)19)24-11-18(21)20(14-4-2-3-5-14)15-8-9-25(22,23)12-15/h6-7,10,14-15H,2-5,8-9,11-12H2,1H3/t15-/m0/s1. The minimum absolute atomic E-state index is 0.0753. The molecule has 3 rings (SSSR count). The predicted octanol–water partition coefficient (Wildman–Crippen LogP) is 2.99. The van der Waals surface area contributed by atoms with Crippen molar-refractivity contribution in [1.82, 2.24) is 4.90 Å². The summed E-state index contributed by atoms with van der Waals surface area (Å²) in [6, 6.07) is 5.21. The molecule has 1 saturated carbocycles. The van der Waals surface area contributed by atoms with Crippen molar-refractivity contribution >= 4 is 27.3 Å². The van der Waals surface area contributed by atoms with E-state index in [9.17, 15) is 13.2 Å². The number of rotatable bonds is 5. The molecule has 138 valence electrons. The number of sulfone groups is 1. The molecule has 1 aliphatic heterocycles. The third-order valence-electron chi connectivity index (χ3n) is 5.10. The van der Waals surface area contributed by atoms with Gasteiger partial charge in [0.15, 0.2) is 16.4 Å². The number of carbonyl (C=O) groups is 1. The first-order valence-corrected chi connectivity index (χ1v) is 11.0. The van der Waals surface area contributed by atoms with Gasteiger partial charge in [0.25, 0.3) is 5.91 Å². The van der Waals surface area contributed by atoms with Crippen molar-refractivity contribution in [2.75, 3.05) is 18.1 Å². The lowest BCUT2D eigenvalue weighted by atomic mass is 10.1. The minimum atomic E-state index is -3.03. The molecule has 1 atom stereocenters. The number of amides is 1. The van der Waals surface area contributed by atoms with E-state index >= 15 is 0 Å². The fraction of sp³-hybridized carbons (Fsp3) is 0.611. The molecule has 2 aliphatic rings. The number of carbonyl (C=O) groups excluding carboxylic acids is 1. The Hall–Kier alpha value is -1.27. The molecule has 1 heterocycles. The van der Waals surface area contributed by atoms with Crippen LogP contribution in [0.2, 0.25) is 5.02 Å². The molecule has 1 aromatic rings. The van der Waals surface area contributed by atoms with Crippen molar-refractivity contribution in [3.05, 3.63) is 28.8 Å². The van der Waals surface area contributed by atoms with Crippen LogP contribution in [0.5, 0.6) is 5.75 Å². The Balaban J connectivity index is 1.69. The van der Waals surface area contributed by atoms with Crippen molar-refractivity contribution in [2.45, 2.75) is 51.1 Å². The summed E-state index contributed by atoms with van der Waals surface area (Å²) in [6.45, 7) is 1.80. The zero-order valence-electron chi connectivity index (χ0n) is 14.4.